The van der Waals surface area contributed by atoms with Gasteiger partial charge in [0.05, 0.1) is 0 Å². The van der Waals surface area contributed by atoms with Gasteiger partial charge in [-0.05, 0) is 22.8 Å². The van der Waals surface area contributed by atoms with E-state index < -0.39 is 18.1 Å². The average molecular weight is 391 g/mol. The molecule has 1 amide bonds. The van der Waals surface area contributed by atoms with Crippen molar-refractivity contribution in [3.63, 3.8) is 0 Å². The summed E-state index contributed by atoms with van der Waals surface area (Å²) < 4.78 is 5.06. The molecule has 3 aromatic rings. The summed E-state index contributed by atoms with van der Waals surface area (Å²) in [6.07, 6.45) is -0.874. The molecule has 1 unspecified atom stereocenters. The molecule has 0 aliphatic carbocycles. The summed E-state index contributed by atoms with van der Waals surface area (Å²) in [5.41, 5.74) is 1.33. The van der Waals surface area contributed by atoms with Gasteiger partial charge in [-0.25, -0.2) is 9.59 Å². The molecule has 0 spiro atoms. The van der Waals surface area contributed by atoms with Crippen LogP contribution < -0.4 is 5.32 Å². The van der Waals surface area contributed by atoms with Gasteiger partial charge in [0.25, 0.3) is 0 Å². The molecule has 0 saturated heterocycles. The minimum atomic E-state index is -1.22. The summed E-state index contributed by atoms with van der Waals surface area (Å²) in [5.74, 6) is -1.39. The summed E-state index contributed by atoms with van der Waals surface area (Å²) in [7, 11) is 0. The lowest BCUT2D eigenvalue weighted by molar-refractivity contribution is -0.139. The van der Waals surface area contributed by atoms with Gasteiger partial charge in [0.15, 0.2) is 5.78 Å². The van der Waals surface area contributed by atoms with Crippen molar-refractivity contribution in [3.8, 4) is 0 Å². The molecule has 0 aromatic heterocycles. The summed E-state index contributed by atoms with van der Waals surface area (Å²) in [6.45, 7) is 0.0357. The normalized spacial score (nSPS) is 11.6. The van der Waals surface area contributed by atoms with Gasteiger partial charge in [-0.2, -0.15) is 0 Å². The van der Waals surface area contributed by atoms with E-state index in [-0.39, 0.29) is 25.2 Å². The van der Waals surface area contributed by atoms with Crippen LogP contribution in [-0.2, 0) is 16.1 Å². The third-order valence-corrected chi connectivity index (χ3v) is 4.55. The Morgan fingerprint density at radius 3 is 2.34 bits per heavy atom. The molecular weight excluding hydrogens is 370 g/mol. The maximum atomic E-state index is 12.6. The molecule has 29 heavy (non-hydrogen) atoms. The zero-order chi connectivity index (χ0) is 20.6. The maximum Gasteiger partial charge on any atom is 0.408 e. The van der Waals surface area contributed by atoms with Crippen LogP contribution in [0.15, 0.2) is 72.8 Å². The van der Waals surface area contributed by atoms with Gasteiger partial charge < -0.3 is 15.2 Å². The standard InChI is InChI=1S/C23H21NO5/c25-21(19-12-6-10-17-9-4-5-11-18(17)19)14-13-20(22(26)27)24-23(28)29-15-16-7-2-1-3-8-16/h1-12,20H,13-15H2,(H,24,28)(H,26,27). The number of hydrogen-bond acceptors (Lipinski definition) is 4. The fraction of sp³-hybridized carbons (Fsp3) is 0.174. The topological polar surface area (TPSA) is 92.7 Å². The highest BCUT2D eigenvalue weighted by Crippen LogP contribution is 2.20. The Bertz CT molecular complexity index is 1010. The second-order valence-electron chi connectivity index (χ2n) is 6.59. The largest absolute Gasteiger partial charge is 0.480 e. The smallest absolute Gasteiger partial charge is 0.408 e. The second-order valence-corrected chi connectivity index (χ2v) is 6.59. The highest BCUT2D eigenvalue weighted by molar-refractivity contribution is 6.08. The van der Waals surface area contributed by atoms with E-state index in [0.717, 1.165) is 16.3 Å². The Kier molecular flexibility index (Phi) is 6.58. The van der Waals surface area contributed by atoms with Gasteiger partial charge in [0, 0.05) is 12.0 Å². The molecule has 3 rings (SSSR count). The molecular formula is C23H21NO5. The minimum absolute atomic E-state index is 0.00998. The van der Waals surface area contributed by atoms with E-state index in [2.05, 4.69) is 5.32 Å². The third kappa shape index (κ3) is 5.42. The van der Waals surface area contributed by atoms with Gasteiger partial charge in [-0.3, -0.25) is 4.79 Å². The highest BCUT2D eigenvalue weighted by Gasteiger charge is 2.22. The lowest BCUT2D eigenvalue weighted by Crippen LogP contribution is -2.41. The number of amides is 1. The van der Waals surface area contributed by atoms with E-state index in [1.807, 2.05) is 48.5 Å². The first-order chi connectivity index (χ1) is 14.0. The number of hydrogen-bond donors (Lipinski definition) is 2. The summed E-state index contributed by atoms with van der Waals surface area (Å²) in [4.78, 5) is 36.1. The monoisotopic (exact) mass is 391 g/mol. The SMILES string of the molecule is O=C(NC(CCC(=O)c1cccc2ccccc12)C(=O)O)OCc1ccccc1. The van der Waals surface area contributed by atoms with Crippen LogP contribution >= 0.6 is 0 Å². The number of aliphatic carboxylic acids is 1. The first-order valence-electron chi connectivity index (χ1n) is 9.25. The molecule has 148 valence electrons. The third-order valence-electron chi connectivity index (χ3n) is 4.55. The zero-order valence-corrected chi connectivity index (χ0v) is 15.7. The van der Waals surface area contributed by atoms with Crippen LogP contribution in [0, 0.1) is 0 Å². The Morgan fingerprint density at radius 2 is 1.59 bits per heavy atom. The molecule has 2 N–H and O–H groups in total. The van der Waals surface area contributed by atoms with E-state index in [9.17, 15) is 19.5 Å². The lowest BCUT2D eigenvalue weighted by Gasteiger charge is -2.14. The van der Waals surface area contributed by atoms with Crippen molar-refractivity contribution < 1.29 is 24.2 Å². The van der Waals surface area contributed by atoms with Gasteiger partial charge in [-0.15, -0.1) is 0 Å². The van der Waals surface area contributed by atoms with Crippen LogP contribution in [-0.4, -0.2) is 29.0 Å². The fourth-order valence-corrected chi connectivity index (χ4v) is 3.04. The number of benzene rings is 3. The number of rotatable bonds is 8. The summed E-state index contributed by atoms with van der Waals surface area (Å²) >= 11 is 0. The van der Waals surface area contributed by atoms with Crippen LogP contribution in [0.3, 0.4) is 0 Å². The molecule has 0 bridgehead atoms. The number of carbonyl (C=O) groups excluding carboxylic acids is 2. The maximum absolute atomic E-state index is 12.6. The number of fused-ring (bicyclic) bond motifs is 1. The molecule has 3 aromatic carbocycles. The first kappa shape index (κ1) is 20.1. The van der Waals surface area contributed by atoms with Crippen LogP contribution in [0.5, 0.6) is 0 Å². The fourth-order valence-electron chi connectivity index (χ4n) is 3.04. The zero-order valence-electron chi connectivity index (χ0n) is 15.7. The Balaban J connectivity index is 1.58. The summed E-state index contributed by atoms with van der Waals surface area (Å²) in [6, 6.07) is 20.8. The predicted octanol–water partition coefficient (Wildman–Crippen LogP) is 4.18. The van der Waals surface area contributed by atoms with E-state index >= 15 is 0 Å². The van der Waals surface area contributed by atoms with Gasteiger partial charge in [0.2, 0.25) is 0 Å². The second kappa shape index (κ2) is 9.50. The Hall–Kier alpha value is -3.67. The summed E-state index contributed by atoms with van der Waals surface area (Å²) in [5, 5.41) is 13.5. The molecule has 0 fully saturated rings. The number of Topliss-reactive ketones (excluding diaryl/α,β-unsaturated/α-hetero) is 1. The van der Waals surface area contributed by atoms with Crippen molar-refractivity contribution in [3.05, 3.63) is 83.9 Å². The quantitative estimate of drug-likeness (QED) is 0.562. The molecule has 6 nitrogen and oxygen atoms in total. The van der Waals surface area contributed by atoms with Gasteiger partial charge in [0.1, 0.15) is 12.6 Å². The number of nitrogens with one attached hydrogen (secondary N) is 1. The highest BCUT2D eigenvalue weighted by atomic mass is 16.5. The molecule has 6 heteroatoms. The van der Waals surface area contributed by atoms with E-state index in [1.165, 1.54) is 0 Å². The van der Waals surface area contributed by atoms with E-state index in [1.54, 1.807) is 24.3 Å². The number of ketones is 1. The molecule has 0 aliphatic rings. The minimum Gasteiger partial charge on any atom is -0.480 e. The lowest BCUT2D eigenvalue weighted by atomic mass is 9.98. The number of alkyl carbamates (subject to hydrolysis) is 1. The first-order valence-corrected chi connectivity index (χ1v) is 9.25. The van der Waals surface area contributed by atoms with Crippen molar-refractivity contribution in [2.24, 2.45) is 0 Å². The Morgan fingerprint density at radius 1 is 0.897 bits per heavy atom. The van der Waals surface area contributed by atoms with Crippen molar-refractivity contribution in [2.75, 3.05) is 0 Å². The van der Waals surface area contributed by atoms with Crippen LogP contribution in [0.1, 0.15) is 28.8 Å². The van der Waals surface area contributed by atoms with Gasteiger partial charge in [-0.1, -0.05) is 72.8 Å². The van der Waals surface area contributed by atoms with Crippen molar-refractivity contribution >= 4 is 28.6 Å². The van der Waals surface area contributed by atoms with Gasteiger partial charge >= 0.3 is 12.1 Å². The van der Waals surface area contributed by atoms with Crippen molar-refractivity contribution in [2.45, 2.75) is 25.5 Å². The molecule has 0 aliphatic heterocycles. The van der Waals surface area contributed by atoms with Crippen molar-refractivity contribution in [1.82, 2.24) is 5.32 Å². The molecule has 0 heterocycles. The van der Waals surface area contributed by atoms with Crippen LogP contribution in [0.25, 0.3) is 10.8 Å². The number of carboxylic acid groups (broad SMARTS) is 1. The molecule has 1 atom stereocenters. The van der Waals surface area contributed by atoms with Crippen LogP contribution in [0.4, 0.5) is 4.79 Å². The molecule has 0 saturated carbocycles. The van der Waals surface area contributed by atoms with Crippen LogP contribution in [0.2, 0.25) is 0 Å². The number of carbonyl (C=O) groups is 3. The Labute approximate surface area is 168 Å². The van der Waals surface area contributed by atoms with Crippen molar-refractivity contribution in [1.29, 1.82) is 0 Å². The van der Waals surface area contributed by atoms with E-state index in [4.69, 9.17) is 4.74 Å². The number of carboxylic acids is 1. The molecule has 0 radical (unpaired) electrons. The predicted molar refractivity (Wildman–Crippen MR) is 109 cm³/mol. The van der Waals surface area contributed by atoms with E-state index in [0.29, 0.717) is 5.56 Å². The number of ether oxygens (including phenoxy) is 1. The average Bonchev–Trinajstić information content (AvgIpc) is 2.75.